The number of imidazole rings is 3. The Morgan fingerprint density at radius 1 is 0.691 bits per heavy atom. The maximum atomic E-state index is 12.9. The average Bonchev–Trinajstić information content (AvgIpc) is 4.15. The Kier molecular flexibility index (Phi) is 60.2. The van der Waals surface area contributed by atoms with Crippen LogP contribution < -0.4 is 79.1 Å². The smallest absolute Gasteiger partial charge is 0.421 e. The summed E-state index contributed by atoms with van der Waals surface area (Å²) in [5.74, 6) is 15.1. The van der Waals surface area contributed by atoms with Gasteiger partial charge in [0.1, 0.15) is 46.6 Å². The zero-order chi connectivity index (χ0) is 55.9. The molecule has 31 N–H and O–H groups in total. The number of allylic oxidation sites excluding steroid dienone is 6. The van der Waals surface area contributed by atoms with Crippen molar-refractivity contribution in [3.8, 4) is 38.4 Å². The number of azo groups is 1. The number of aliphatic hydroxyl groups excluding tert-OH is 2. The van der Waals surface area contributed by atoms with Crippen molar-refractivity contribution in [2.75, 3.05) is 5.32 Å². The number of aromatic amines is 2. The quantitative estimate of drug-likeness (QED) is 0.0281. The molecule has 3 heterocycles. The number of benzene rings is 2. The minimum absolute atomic E-state index is 0. The minimum Gasteiger partial charge on any atom is -0.560 e. The van der Waals surface area contributed by atoms with E-state index in [2.05, 4.69) is 115 Å². The van der Waals surface area contributed by atoms with Gasteiger partial charge in [-0.15, -0.1) is 5.10 Å². The van der Waals surface area contributed by atoms with Crippen LogP contribution in [0.4, 0.5) is 39.0 Å². The van der Waals surface area contributed by atoms with Gasteiger partial charge in [0.25, 0.3) is 0 Å². The number of carbonyl (C=O) groups excluding carboxylic acids is 2. The SMILES string of the molecule is C#N.C#N.C#N.C#N.Cn1cc[n+](C)c1N=Nc1ccc(Nc2ccc(F)cc2)cc1.N.N.N.N.N#Cc1[n-]c(=NN=C2C=CC(=O)C=C2O)[nH]c1C#N.NN.NN.O.O.O.[C-]#[N+]c1[n-]c(=NN=C2C=CC(=O)C=C2O)[nH]c1[N+]#[C-].[Co]. The summed E-state index contributed by atoms with van der Waals surface area (Å²) in [4.78, 5) is 40.4. The molecule has 2 aliphatic rings. The number of hydrazine groups is 2. The van der Waals surface area contributed by atoms with Gasteiger partial charge in [-0.25, -0.2) is 46.2 Å². The van der Waals surface area contributed by atoms with Crippen LogP contribution in [-0.4, -0.2) is 64.2 Å². The summed E-state index contributed by atoms with van der Waals surface area (Å²) in [5, 5.41) is 88.6. The number of carbonyl (C=O) groups is 2. The van der Waals surface area contributed by atoms with Gasteiger partial charge in [0.05, 0.1) is 43.7 Å². The second-order valence-electron chi connectivity index (χ2n) is 11.9. The number of anilines is 2. The molecule has 0 bridgehead atoms. The van der Waals surface area contributed by atoms with Crippen molar-refractivity contribution in [2.45, 2.75) is 0 Å². The molecule has 36 nitrogen and oxygen atoms in total. The van der Waals surface area contributed by atoms with E-state index in [9.17, 15) is 24.2 Å². The third-order valence-electron chi connectivity index (χ3n) is 7.58. The second kappa shape index (κ2) is 53.1. The van der Waals surface area contributed by atoms with E-state index in [4.69, 9.17) is 44.7 Å². The first-order valence-electron chi connectivity index (χ1n) is 18.7. The van der Waals surface area contributed by atoms with E-state index in [1.807, 2.05) is 59.9 Å². The molecule has 0 amide bonds. The zero-order valence-corrected chi connectivity index (χ0v) is 43.7. The van der Waals surface area contributed by atoms with E-state index in [0.717, 1.165) is 35.2 Å². The first kappa shape index (κ1) is 91.9. The van der Waals surface area contributed by atoms with E-state index >= 15 is 0 Å². The first-order chi connectivity index (χ1) is 35.4. The average molecular weight is 1170 g/mol. The summed E-state index contributed by atoms with van der Waals surface area (Å²) < 4.78 is 16.7. The molecule has 3 aromatic heterocycles. The van der Waals surface area contributed by atoms with Gasteiger partial charge >= 0.3 is 11.6 Å². The molecule has 0 fully saturated rings. The molecule has 7 rings (SSSR count). The number of aliphatic hydroxyl groups is 2. The number of nitrogens with zero attached hydrogens (tertiary/aromatic N) is 18. The number of aryl methyl sites for hydroxylation is 2. The molecule has 0 saturated heterocycles. The summed E-state index contributed by atoms with van der Waals surface area (Å²) in [6, 6.07) is 17.3. The Hall–Kier alpha value is -11.8. The maximum absolute atomic E-state index is 12.9. The van der Waals surface area contributed by atoms with Gasteiger partial charge in [0, 0.05) is 77.3 Å². The van der Waals surface area contributed by atoms with E-state index in [-0.39, 0.29) is 132 Å². The number of halogens is 1. The number of hydrogen-bond acceptors (Lipinski definition) is 25. The van der Waals surface area contributed by atoms with Crippen LogP contribution in [0.25, 0.3) is 9.69 Å². The summed E-state index contributed by atoms with van der Waals surface area (Å²) >= 11 is 0. The molecule has 2 aliphatic carbocycles. The standard InChI is InChI=1S/C17H16FN5.2C11H6N6O2.4CHN.Co.2H4N2.4H3N.3H2O/c1-22-11-12-23(2)17(22)21-20-16-9-7-15(8-10-16)19-14-5-3-13(18)4-6-14;1-12-9-10(13-2)15-11(14-9)17-16-7-4-3-6(18)5-8(7)19;12-4-8-9(5-13)15-11(14-8)17-16-7-2-1-6(18)3-10(7)19;4*1-2;;2*1-2;;;;;;;/h3-12H,1-2H3;3-5H,(H3,14,15,16,17,18,19);1-3H,(H3,14,15,16,17,18,19);4*1H;;2*1-2H2;4*1H3;3*1H2/p-1. The Morgan fingerprint density at radius 3 is 1.47 bits per heavy atom. The number of nitrogens with two attached hydrogens (primary N) is 4. The van der Waals surface area contributed by atoms with Crippen molar-refractivity contribution in [3.63, 3.8) is 0 Å². The number of nitrogens with one attached hydrogen (secondary N) is 3. The van der Waals surface area contributed by atoms with Crippen LogP contribution in [-0.2, 0) is 40.5 Å². The van der Waals surface area contributed by atoms with Crippen LogP contribution in [0.2, 0.25) is 0 Å². The molecule has 0 atom stereocenters. The summed E-state index contributed by atoms with van der Waals surface area (Å²) in [5.41, 5.74) is 2.48. The molecule has 38 heteroatoms. The van der Waals surface area contributed by atoms with E-state index < -0.39 is 0 Å². The molecule has 0 spiro atoms. The maximum Gasteiger partial charge on any atom is 0.421 e. The number of aromatic nitrogens is 6. The van der Waals surface area contributed by atoms with Gasteiger partial charge < -0.3 is 76.2 Å². The van der Waals surface area contributed by atoms with Crippen LogP contribution in [0.1, 0.15) is 11.4 Å². The normalized spacial score (nSPS) is 11.4. The number of hydrogen-bond donors (Lipinski definition) is 13. The molecular weight excluding hydrogens is 1110 g/mol. The molecular formula is C43H57CoFN29O7-. The van der Waals surface area contributed by atoms with Crippen molar-refractivity contribution < 1.29 is 62.0 Å². The molecule has 1 radical (unpaired) electrons. The number of H-pyrrole nitrogens is 2. The molecule has 0 saturated carbocycles. The van der Waals surface area contributed by atoms with Gasteiger partial charge in [0.15, 0.2) is 11.6 Å². The van der Waals surface area contributed by atoms with Gasteiger partial charge in [-0.3, -0.25) is 48.0 Å². The monoisotopic (exact) mass is 1170 g/mol. The van der Waals surface area contributed by atoms with Crippen molar-refractivity contribution in [3.05, 3.63) is 160 Å². The van der Waals surface area contributed by atoms with Crippen molar-refractivity contribution >= 4 is 57.6 Å². The predicted molar refractivity (Wildman–Crippen MR) is 287 cm³/mol. The minimum atomic E-state index is -0.354. The largest absolute Gasteiger partial charge is 0.560 e. The fraction of sp³-hybridized carbons (Fsp3) is 0.0465. The molecule has 2 aromatic carbocycles. The Balaban J connectivity index is -0.000000102. The molecule has 5 aromatic rings. The van der Waals surface area contributed by atoms with Gasteiger partial charge in [-0.2, -0.15) is 10.5 Å². The third kappa shape index (κ3) is 31.0. The van der Waals surface area contributed by atoms with Crippen molar-refractivity contribution in [1.82, 2.24) is 49.1 Å². The summed E-state index contributed by atoms with van der Waals surface area (Å²) in [6.45, 7) is 27.6. The number of nitriles is 6. The second-order valence-corrected chi connectivity index (χ2v) is 11.9. The van der Waals surface area contributed by atoms with Crippen LogP contribution >= 0.6 is 0 Å². The molecule has 0 aliphatic heterocycles. The van der Waals surface area contributed by atoms with E-state index in [0.29, 0.717) is 0 Å². The van der Waals surface area contributed by atoms with E-state index in [1.165, 1.54) is 36.4 Å². The topological polar surface area (TPSA) is 719 Å². The van der Waals surface area contributed by atoms with Gasteiger partial charge in [-0.05, 0) is 72.8 Å². The fourth-order valence-electron chi connectivity index (χ4n) is 4.63. The van der Waals surface area contributed by atoms with Crippen LogP contribution in [0.15, 0.2) is 140 Å². The Bertz CT molecular complexity index is 3020. The predicted octanol–water partition coefficient (Wildman–Crippen LogP) is 0.980. The number of ketones is 2. The zero-order valence-electron chi connectivity index (χ0n) is 42.7. The fourth-order valence-corrected chi connectivity index (χ4v) is 4.63. The van der Waals surface area contributed by atoms with Gasteiger partial charge in [-0.1, -0.05) is 16.8 Å². The van der Waals surface area contributed by atoms with Gasteiger partial charge in [0.2, 0.25) is 5.82 Å². The van der Waals surface area contributed by atoms with Crippen molar-refractivity contribution in [1.29, 1.82) is 31.6 Å². The Morgan fingerprint density at radius 2 is 1.12 bits per heavy atom. The van der Waals surface area contributed by atoms with E-state index in [1.54, 1.807) is 24.3 Å². The Labute approximate surface area is 470 Å². The van der Waals surface area contributed by atoms with Crippen molar-refractivity contribution in [2.24, 2.45) is 68.1 Å². The molecule has 0 unspecified atom stereocenters. The summed E-state index contributed by atoms with van der Waals surface area (Å²) in [7, 11) is 3.84. The van der Waals surface area contributed by atoms with Crippen LogP contribution in [0.5, 0.6) is 0 Å². The van der Waals surface area contributed by atoms with Crippen LogP contribution in [0, 0.1) is 89.0 Å². The van der Waals surface area contributed by atoms with Crippen LogP contribution in [0.3, 0.4) is 0 Å². The summed E-state index contributed by atoms with van der Waals surface area (Å²) in [6.07, 6.45) is 10.9. The number of rotatable bonds is 6. The molecule has 81 heavy (non-hydrogen) atoms. The third-order valence-corrected chi connectivity index (χ3v) is 7.58. The first-order valence-corrected chi connectivity index (χ1v) is 18.7. The molecule has 433 valence electrons.